The van der Waals surface area contributed by atoms with Crippen LogP contribution < -0.4 is 10.9 Å². The van der Waals surface area contributed by atoms with Crippen molar-refractivity contribution >= 4 is 16.9 Å². The van der Waals surface area contributed by atoms with Crippen molar-refractivity contribution in [2.45, 2.75) is 55.5 Å². The molecule has 0 saturated heterocycles. The van der Waals surface area contributed by atoms with Gasteiger partial charge >= 0.3 is 0 Å². The molecule has 2 aliphatic rings. The molecule has 1 saturated carbocycles. The first-order valence-electron chi connectivity index (χ1n) is 10.2. The molecule has 1 fully saturated rings. The fraction of sp³-hybridized carbons (Fsp3) is 0.476. The molecule has 2 N–H and O–H groups in total. The van der Waals surface area contributed by atoms with Gasteiger partial charge in [0.25, 0.3) is 11.5 Å². The third-order valence-electron chi connectivity index (χ3n) is 6.17. The summed E-state index contributed by atoms with van der Waals surface area (Å²) in [6, 6.07) is 3.84. The lowest BCUT2D eigenvalue weighted by molar-refractivity contribution is 0.0937. The first-order valence-corrected chi connectivity index (χ1v) is 11.3. The summed E-state index contributed by atoms with van der Waals surface area (Å²) >= 11 is 0. The molecule has 31 heavy (non-hydrogen) atoms. The maximum atomic E-state index is 13.7. The van der Waals surface area contributed by atoms with Gasteiger partial charge in [0.1, 0.15) is 22.6 Å². The summed E-state index contributed by atoms with van der Waals surface area (Å²) in [7, 11) is 1.59. The molecule has 1 atom stereocenters. The van der Waals surface area contributed by atoms with Gasteiger partial charge in [-0.1, -0.05) is 12.5 Å². The molecule has 1 aromatic carbocycles. The Hall–Kier alpha value is -2.59. The highest BCUT2D eigenvalue weighted by atomic mass is 32.2. The number of hydrogen-bond donors (Lipinski definition) is 2. The number of aromatic hydroxyl groups is 1. The third kappa shape index (κ3) is 3.78. The van der Waals surface area contributed by atoms with Crippen LogP contribution in [0.1, 0.15) is 54.0 Å². The summed E-state index contributed by atoms with van der Waals surface area (Å²) in [5, 5.41) is 13.0. The number of carbonyl (C=O) groups excluding carboxylic acids is 1. The van der Waals surface area contributed by atoms with Crippen molar-refractivity contribution in [2.24, 2.45) is 0 Å². The molecule has 2 heterocycles. The summed E-state index contributed by atoms with van der Waals surface area (Å²) < 4.78 is 29.1. The normalized spacial score (nSPS) is 17.8. The smallest absolute Gasteiger partial charge is 0.296 e. The fourth-order valence-electron chi connectivity index (χ4n) is 4.37. The third-order valence-corrected chi connectivity index (χ3v) is 7.59. The molecular formula is C21H25FN4O4S. The number of nitrogens with zero attached hydrogens (tertiary/aromatic N) is 3. The van der Waals surface area contributed by atoms with Crippen LogP contribution in [0.5, 0.6) is 5.75 Å². The highest BCUT2D eigenvalue weighted by Crippen LogP contribution is 2.48. The van der Waals surface area contributed by atoms with Crippen molar-refractivity contribution in [2.75, 3.05) is 14.1 Å². The second kappa shape index (κ2) is 8.16. The van der Waals surface area contributed by atoms with Gasteiger partial charge in [0.05, 0.1) is 4.90 Å². The number of hydrogen-bond acceptors (Lipinski definition) is 5. The van der Waals surface area contributed by atoms with Crippen LogP contribution in [0, 0.1) is 5.82 Å². The number of fused-ring (bicyclic) bond motifs is 2. The van der Waals surface area contributed by atoms with Gasteiger partial charge < -0.3 is 10.4 Å². The van der Waals surface area contributed by atoms with E-state index in [4.69, 9.17) is 0 Å². The summed E-state index contributed by atoms with van der Waals surface area (Å²) in [5.41, 5.74) is -0.627. The zero-order chi connectivity index (χ0) is 22.3. The van der Waals surface area contributed by atoms with Crippen molar-refractivity contribution in [3.63, 3.8) is 0 Å². The van der Waals surface area contributed by atoms with Crippen molar-refractivity contribution < 1.29 is 18.5 Å². The average Bonchev–Trinajstić information content (AvgIpc) is 2.72. The van der Waals surface area contributed by atoms with Gasteiger partial charge in [-0.05, 0) is 57.5 Å². The highest BCUT2D eigenvalue weighted by molar-refractivity contribution is 7.82. The number of rotatable bonds is 5. The lowest BCUT2D eigenvalue weighted by atomic mass is 9.64. The molecule has 1 spiro atoms. The monoisotopic (exact) mass is 448 g/mol. The molecule has 1 aliphatic heterocycles. The minimum atomic E-state index is -1.61. The van der Waals surface area contributed by atoms with Crippen LogP contribution in [-0.2, 0) is 29.5 Å². The predicted molar refractivity (Wildman–Crippen MR) is 113 cm³/mol. The van der Waals surface area contributed by atoms with E-state index < -0.39 is 34.0 Å². The first kappa shape index (κ1) is 21.6. The Kier molecular flexibility index (Phi) is 5.69. The molecule has 4 rings (SSSR count). The SMILES string of the molecule is CN(C)S(=O)c1cc(F)ccc1CNC(=O)c1nc2n(c(=O)c1O)CCCC21CCC1. The van der Waals surface area contributed by atoms with Gasteiger partial charge in [0.15, 0.2) is 5.69 Å². The quantitative estimate of drug-likeness (QED) is 0.726. The van der Waals surface area contributed by atoms with E-state index in [0.717, 1.165) is 32.1 Å². The maximum Gasteiger partial charge on any atom is 0.296 e. The van der Waals surface area contributed by atoms with E-state index >= 15 is 0 Å². The number of benzene rings is 1. The Bertz CT molecular complexity index is 1130. The van der Waals surface area contributed by atoms with Gasteiger partial charge in [-0.15, -0.1) is 0 Å². The van der Waals surface area contributed by atoms with E-state index in [2.05, 4.69) is 10.3 Å². The van der Waals surface area contributed by atoms with E-state index in [1.54, 1.807) is 14.1 Å². The lowest BCUT2D eigenvalue weighted by Gasteiger charge is -2.45. The van der Waals surface area contributed by atoms with Gasteiger partial charge in [-0.25, -0.2) is 17.9 Å². The summed E-state index contributed by atoms with van der Waals surface area (Å²) in [5.74, 6) is -1.33. The van der Waals surface area contributed by atoms with Crippen molar-refractivity contribution in [3.05, 3.63) is 51.5 Å². The Labute approximate surface area is 181 Å². The molecule has 0 bridgehead atoms. The Morgan fingerprint density at radius 2 is 2.03 bits per heavy atom. The first-order chi connectivity index (χ1) is 14.7. The molecule has 1 aliphatic carbocycles. The number of halogens is 1. The van der Waals surface area contributed by atoms with Crippen LogP contribution in [0.4, 0.5) is 4.39 Å². The summed E-state index contributed by atoms with van der Waals surface area (Å²) in [4.78, 5) is 30.2. The molecule has 1 aromatic heterocycles. The van der Waals surface area contributed by atoms with E-state index in [0.29, 0.717) is 17.9 Å². The Morgan fingerprint density at radius 3 is 2.68 bits per heavy atom. The molecular weight excluding hydrogens is 423 g/mol. The molecule has 1 unspecified atom stereocenters. The Morgan fingerprint density at radius 1 is 1.32 bits per heavy atom. The zero-order valence-electron chi connectivity index (χ0n) is 17.5. The van der Waals surface area contributed by atoms with Crippen LogP contribution in [0.2, 0.25) is 0 Å². The van der Waals surface area contributed by atoms with Crippen LogP contribution in [0.3, 0.4) is 0 Å². The zero-order valence-corrected chi connectivity index (χ0v) is 18.3. The summed E-state index contributed by atoms with van der Waals surface area (Å²) in [6.07, 6.45) is 4.65. The number of amides is 1. The summed E-state index contributed by atoms with van der Waals surface area (Å²) in [6.45, 7) is 0.423. The molecule has 1 amide bonds. The molecule has 10 heteroatoms. The number of nitrogens with one attached hydrogen (secondary N) is 1. The van der Waals surface area contributed by atoms with Gasteiger partial charge in [-0.2, -0.15) is 0 Å². The topological polar surface area (TPSA) is 105 Å². The maximum absolute atomic E-state index is 13.7. The number of aromatic nitrogens is 2. The van der Waals surface area contributed by atoms with Crippen molar-refractivity contribution in [1.29, 1.82) is 0 Å². The van der Waals surface area contributed by atoms with Gasteiger partial charge in [-0.3, -0.25) is 14.2 Å². The standard InChI is InChI=1S/C21H25FN4O4S/c1-25(2)31(30)15-11-14(22)6-5-13(15)12-23-18(28)16-17(27)19(29)26-10-4-9-21(7-3-8-21)20(26)24-16/h5-6,11,27H,3-4,7-10,12H2,1-2H3,(H,23,28). The second-order valence-electron chi connectivity index (χ2n) is 8.32. The highest BCUT2D eigenvalue weighted by Gasteiger charge is 2.45. The molecule has 166 valence electrons. The predicted octanol–water partition coefficient (Wildman–Crippen LogP) is 1.82. The fourth-order valence-corrected chi connectivity index (χ4v) is 5.34. The molecule has 2 aromatic rings. The minimum Gasteiger partial charge on any atom is -0.501 e. The average molecular weight is 449 g/mol. The van der Waals surface area contributed by atoms with Crippen LogP contribution in [0.25, 0.3) is 0 Å². The van der Waals surface area contributed by atoms with Crippen LogP contribution in [0.15, 0.2) is 27.9 Å². The number of carbonyl (C=O) groups is 1. The largest absolute Gasteiger partial charge is 0.501 e. The molecule has 0 radical (unpaired) electrons. The van der Waals surface area contributed by atoms with Crippen molar-refractivity contribution in [1.82, 2.24) is 19.2 Å². The molecule has 8 nitrogen and oxygen atoms in total. The Balaban J connectivity index is 1.62. The van der Waals surface area contributed by atoms with Gasteiger partial charge in [0.2, 0.25) is 5.75 Å². The van der Waals surface area contributed by atoms with E-state index in [-0.39, 0.29) is 22.5 Å². The van der Waals surface area contributed by atoms with Crippen LogP contribution in [-0.4, -0.2) is 43.2 Å². The van der Waals surface area contributed by atoms with Crippen LogP contribution >= 0.6 is 0 Å². The lowest BCUT2D eigenvalue weighted by Crippen LogP contribution is -2.45. The second-order valence-corrected chi connectivity index (χ2v) is 9.99. The van der Waals surface area contributed by atoms with Gasteiger partial charge in [0, 0.05) is 18.5 Å². The van der Waals surface area contributed by atoms with E-state index in [1.165, 1.54) is 27.1 Å². The van der Waals surface area contributed by atoms with E-state index in [1.807, 2.05) is 0 Å². The van der Waals surface area contributed by atoms with Crippen molar-refractivity contribution in [3.8, 4) is 5.75 Å². The minimum absolute atomic E-state index is 0.0568. The van der Waals surface area contributed by atoms with E-state index in [9.17, 15) is 23.3 Å².